The molecule has 0 unspecified atom stereocenters. The molecule has 0 saturated carbocycles. The quantitative estimate of drug-likeness (QED) is 0.848. The lowest BCUT2D eigenvalue weighted by molar-refractivity contribution is 0.478. The molecule has 2 aromatic rings. The Hall–Kier alpha value is -2.04. The van der Waals surface area contributed by atoms with E-state index in [0.29, 0.717) is 18.1 Å². The fourth-order valence-electron chi connectivity index (χ4n) is 1.44. The summed E-state index contributed by atoms with van der Waals surface area (Å²) in [6, 6.07) is 1.90. The lowest BCUT2D eigenvalue weighted by atomic mass is 10.2. The molecule has 90 valence electrons. The number of hydrogen-bond donors (Lipinski definition) is 2. The Kier molecular flexibility index (Phi) is 2.99. The van der Waals surface area contributed by atoms with E-state index in [1.807, 2.05) is 26.8 Å². The SMILES string of the molecule is Cc1cc(NCc2nc(C)c(C)o2)ncc1N. The van der Waals surface area contributed by atoms with Gasteiger partial charge in [-0.3, -0.25) is 0 Å². The van der Waals surface area contributed by atoms with Gasteiger partial charge in [0, 0.05) is 0 Å². The topological polar surface area (TPSA) is 77.0 Å². The highest BCUT2D eigenvalue weighted by Gasteiger charge is 2.05. The summed E-state index contributed by atoms with van der Waals surface area (Å²) in [5.41, 5.74) is 8.31. The van der Waals surface area contributed by atoms with Crippen molar-refractivity contribution >= 4 is 11.5 Å². The summed E-state index contributed by atoms with van der Waals surface area (Å²) in [7, 11) is 0. The van der Waals surface area contributed by atoms with Gasteiger partial charge in [-0.1, -0.05) is 0 Å². The van der Waals surface area contributed by atoms with Crippen molar-refractivity contribution in [2.75, 3.05) is 11.1 Å². The maximum absolute atomic E-state index is 5.70. The second-order valence-corrected chi connectivity index (χ2v) is 4.03. The molecule has 0 aliphatic heterocycles. The Bertz CT molecular complexity index is 514. The largest absolute Gasteiger partial charge is 0.444 e. The number of rotatable bonds is 3. The van der Waals surface area contributed by atoms with E-state index in [0.717, 1.165) is 22.8 Å². The fraction of sp³-hybridized carbons (Fsp3) is 0.333. The molecular formula is C12H16N4O. The second kappa shape index (κ2) is 4.45. The number of nitrogens with zero attached hydrogens (tertiary/aromatic N) is 2. The lowest BCUT2D eigenvalue weighted by Crippen LogP contribution is -2.03. The van der Waals surface area contributed by atoms with Crippen LogP contribution in [0.5, 0.6) is 0 Å². The van der Waals surface area contributed by atoms with Crippen LogP contribution in [0.25, 0.3) is 0 Å². The molecule has 0 aromatic carbocycles. The average Bonchev–Trinajstić information content (AvgIpc) is 2.60. The third-order valence-electron chi connectivity index (χ3n) is 2.64. The van der Waals surface area contributed by atoms with Gasteiger partial charge in [-0.15, -0.1) is 0 Å². The molecule has 2 aromatic heterocycles. The van der Waals surface area contributed by atoms with Crippen LogP contribution in [-0.4, -0.2) is 9.97 Å². The third kappa shape index (κ3) is 2.55. The maximum Gasteiger partial charge on any atom is 0.213 e. The van der Waals surface area contributed by atoms with E-state index in [1.165, 1.54) is 0 Å². The van der Waals surface area contributed by atoms with Crippen LogP contribution >= 0.6 is 0 Å². The van der Waals surface area contributed by atoms with E-state index in [4.69, 9.17) is 10.2 Å². The molecule has 0 fully saturated rings. The first kappa shape index (κ1) is 11.4. The zero-order valence-electron chi connectivity index (χ0n) is 10.2. The van der Waals surface area contributed by atoms with Crippen molar-refractivity contribution in [1.29, 1.82) is 0 Å². The van der Waals surface area contributed by atoms with Crippen LogP contribution in [0.4, 0.5) is 11.5 Å². The van der Waals surface area contributed by atoms with Crippen molar-refractivity contribution < 1.29 is 4.42 Å². The standard InChI is InChI=1S/C12H16N4O/c1-7-4-11(14-5-10(7)13)15-6-12-16-8(2)9(3)17-12/h4-5H,6,13H2,1-3H3,(H,14,15). The molecule has 0 aliphatic rings. The van der Waals surface area contributed by atoms with Gasteiger partial charge in [-0.25, -0.2) is 9.97 Å². The van der Waals surface area contributed by atoms with E-state index >= 15 is 0 Å². The molecule has 0 bridgehead atoms. The molecule has 2 heterocycles. The number of aromatic nitrogens is 2. The van der Waals surface area contributed by atoms with Crippen molar-refractivity contribution in [2.45, 2.75) is 27.3 Å². The first-order valence-electron chi connectivity index (χ1n) is 5.45. The van der Waals surface area contributed by atoms with E-state index in [2.05, 4.69) is 15.3 Å². The van der Waals surface area contributed by atoms with Gasteiger partial charge in [-0.05, 0) is 32.4 Å². The molecule has 0 atom stereocenters. The molecule has 17 heavy (non-hydrogen) atoms. The van der Waals surface area contributed by atoms with Crippen molar-refractivity contribution in [1.82, 2.24) is 9.97 Å². The first-order chi connectivity index (χ1) is 8.06. The van der Waals surface area contributed by atoms with Crippen molar-refractivity contribution in [2.24, 2.45) is 0 Å². The summed E-state index contributed by atoms with van der Waals surface area (Å²) in [6.07, 6.45) is 1.64. The van der Waals surface area contributed by atoms with Crippen LogP contribution in [0.1, 0.15) is 22.9 Å². The number of nitrogens with one attached hydrogen (secondary N) is 1. The van der Waals surface area contributed by atoms with E-state index in [1.54, 1.807) is 6.20 Å². The smallest absolute Gasteiger partial charge is 0.213 e. The van der Waals surface area contributed by atoms with Crippen LogP contribution in [-0.2, 0) is 6.54 Å². The highest BCUT2D eigenvalue weighted by atomic mass is 16.4. The number of anilines is 2. The summed E-state index contributed by atoms with van der Waals surface area (Å²) in [4.78, 5) is 8.46. The van der Waals surface area contributed by atoms with Crippen LogP contribution in [0.3, 0.4) is 0 Å². The summed E-state index contributed by atoms with van der Waals surface area (Å²) < 4.78 is 5.46. The van der Waals surface area contributed by atoms with Crippen LogP contribution in [0.2, 0.25) is 0 Å². The minimum Gasteiger partial charge on any atom is -0.444 e. The van der Waals surface area contributed by atoms with E-state index in [9.17, 15) is 0 Å². The molecule has 5 heteroatoms. The molecule has 0 amide bonds. The summed E-state index contributed by atoms with van der Waals surface area (Å²) in [5, 5.41) is 3.15. The van der Waals surface area contributed by atoms with Crippen molar-refractivity contribution in [3.63, 3.8) is 0 Å². The predicted molar refractivity (Wildman–Crippen MR) is 66.7 cm³/mol. The number of nitrogen functional groups attached to an aromatic ring is 1. The van der Waals surface area contributed by atoms with Gasteiger partial charge in [0.15, 0.2) is 0 Å². The Morgan fingerprint density at radius 1 is 1.35 bits per heavy atom. The molecule has 0 saturated heterocycles. The lowest BCUT2D eigenvalue weighted by Gasteiger charge is -2.05. The summed E-state index contributed by atoms with van der Waals surface area (Å²) >= 11 is 0. The molecule has 0 spiro atoms. The number of nitrogens with two attached hydrogens (primary N) is 1. The van der Waals surface area contributed by atoms with Crippen molar-refractivity contribution in [3.05, 3.63) is 35.2 Å². The normalized spacial score (nSPS) is 10.5. The van der Waals surface area contributed by atoms with Crippen LogP contribution < -0.4 is 11.1 Å². The number of oxazole rings is 1. The zero-order chi connectivity index (χ0) is 12.4. The van der Waals surface area contributed by atoms with E-state index in [-0.39, 0.29) is 0 Å². The van der Waals surface area contributed by atoms with Gasteiger partial charge < -0.3 is 15.5 Å². The number of hydrogen-bond acceptors (Lipinski definition) is 5. The summed E-state index contributed by atoms with van der Waals surface area (Å²) in [5.74, 6) is 2.28. The van der Waals surface area contributed by atoms with Crippen molar-refractivity contribution in [3.8, 4) is 0 Å². The minimum absolute atomic E-state index is 0.519. The molecule has 3 N–H and O–H groups in total. The van der Waals surface area contributed by atoms with Gasteiger partial charge in [0.1, 0.15) is 11.6 Å². The molecule has 2 rings (SSSR count). The minimum atomic E-state index is 0.519. The second-order valence-electron chi connectivity index (χ2n) is 4.03. The van der Waals surface area contributed by atoms with Gasteiger partial charge in [-0.2, -0.15) is 0 Å². The number of aryl methyl sites for hydroxylation is 3. The third-order valence-corrected chi connectivity index (χ3v) is 2.64. The molecular weight excluding hydrogens is 216 g/mol. The monoisotopic (exact) mass is 232 g/mol. The highest BCUT2D eigenvalue weighted by molar-refractivity contribution is 5.50. The fourth-order valence-corrected chi connectivity index (χ4v) is 1.44. The molecule has 0 radical (unpaired) electrons. The molecule has 0 aliphatic carbocycles. The zero-order valence-corrected chi connectivity index (χ0v) is 10.2. The molecule has 5 nitrogen and oxygen atoms in total. The Morgan fingerprint density at radius 2 is 2.12 bits per heavy atom. The van der Waals surface area contributed by atoms with E-state index < -0.39 is 0 Å². The predicted octanol–water partition coefficient (Wildman–Crippen LogP) is 2.19. The average molecular weight is 232 g/mol. The summed E-state index contributed by atoms with van der Waals surface area (Å²) in [6.45, 7) is 6.29. The van der Waals surface area contributed by atoms with Gasteiger partial charge >= 0.3 is 0 Å². The maximum atomic E-state index is 5.70. The van der Waals surface area contributed by atoms with Gasteiger partial charge in [0.2, 0.25) is 5.89 Å². The Morgan fingerprint density at radius 3 is 2.71 bits per heavy atom. The van der Waals surface area contributed by atoms with Crippen LogP contribution in [0, 0.1) is 20.8 Å². The van der Waals surface area contributed by atoms with Gasteiger partial charge in [0.05, 0.1) is 24.1 Å². The van der Waals surface area contributed by atoms with Crippen LogP contribution in [0.15, 0.2) is 16.7 Å². The van der Waals surface area contributed by atoms with Gasteiger partial charge in [0.25, 0.3) is 0 Å². The Balaban J connectivity index is 2.04. The highest BCUT2D eigenvalue weighted by Crippen LogP contribution is 2.14. The number of pyridine rings is 1. The Labute approximate surface area is 100 Å². The first-order valence-corrected chi connectivity index (χ1v) is 5.45.